The maximum atomic E-state index is 5.38. The van der Waals surface area contributed by atoms with Gasteiger partial charge in [0, 0.05) is 30.7 Å². The molecule has 1 aliphatic rings. The standard InChI is InChI=1S/C33H33N3/c1-4-5-9-16-28(2)36(33-21-14-8-15-22-33)34(3)27-29-23-25-32(26-24-29)35(30-17-10-6-11-18-30)31-19-12-7-13-20-31/h1,5-19,21-26,31H,20,27H2,2-3H3/b9-5-,28-16+. The lowest BCUT2D eigenvalue weighted by molar-refractivity contribution is 0.320. The summed E-state index contributed by atoms with van der Waals surface area (Å²) in [4.78, 5) is 2.41. The highest BCUT2D eigenvalue weighted by Crippen LogP contribution is 2.31. The maximum Gasteiger partial charge on any atom is 0.0576 e. The molecule has 3 aromatic carbocycles. The second-order valence-electron chi connectivity index (χ2n) is 8.79. The van der Waals surface area contributed by atoms with Crippen molar-refractivity contribution in [1.82, 2.24) is 5.01 Å². The van der Waals surface area contributed by atoms with Gasteiger partial charge >= 0.3 is 0 Å². The van der Waals surface area contributed by atoms with Gasteiger partial charge in [-0.25, -0.2) is 5.01 Å². The van der Waals surface area contributed by atoms with Gasteiger partial charge in [0.05, 0.1) is 11.7 Å². The fourth-order valence-corrected chi connectivity index (χ4v) is 4.53. The van der Waals surface area contributed by atoms with Crippen LogP contribution in [0, 0.1) is 12.3 Å². The van der Waals surface area contributed by atoms with Gasteiger partial charge in [-0.05, 0) is 67.5 Å². The Balaban J connectivity index is 1.57. The SMILES string of the molecule is C#C/C=C\C=C(/C)N(c1ccccc1)N(C)Cc1ccc(N(c2ccccc2)C2C=CC=CC2)cc1. The van der Waals surface area contributed by atoms with Crippen LogP contribution in [0.1, 0.15) is 18.9 Å². The van der Waals surface area contributed by atoms with Gasteiger partial charge in [-0.3, -0.25) is 5.01 Å². The first kappa shape index (κ1) is 24.9. The Morgan fingerprint density at radius 3 is 2.14 bits per heavy atom. The van der Waals surface area contributed by atoms with Crippen LogP contribution < -0.4 is 9.91 Å². The molecule has 0 fully saturated rings. The highest BCUT2D eigenvalue weighted by molar-refractivity contribution is 5.65. The molecular weight excluding hydrogens is 438 g/mol. The molecule has 0 aromatic heterocycles. The van der Waals surface area contributed by atoms with E-state index in [1.807, 2.05) is 18.2 Å². The van der Waals surface area contributed by atoms with Crippen LogP contribution in [-0.2, 0) is 6.54 Å². The summed E-state index contributed by atoms with van der Waals surface area (Å²) >= 11 is 0. The summed E-state index contributed by atoms with van der Waals surface area (Å²) < 4.78 is 0. The number of terminal acetylenes is 1. The van der Waals surface area contributed by atoms with Crippen LogP contribution in [0.15, 0.2) is 133 Å². The first-order valence-electron chi connectivity index (χ1n) is 12.3. The Hall–Kier alpha value is -4.26. The van der Waals surface area contributed by atoms with E-state index in [2.05, 4.69) is 138 Å². The highest BCUT2D eigenvalue weighted by atomic mass is 15.6. The molecule has 0 saturated carbocycles. The third kappa shape index (κ3) is 6.24. The molecule has 1 unspecified atom stereocenters. The van der Waals surface area contributed by atoms with E-state index >= 15 is 0 Å². The summed E-state index contributed by atoms with van der Waals surface area (Å²) in [5.41, 5.74) is 5.81. The number of benzene rings is 3. The number of nitrogens with zero attached hydrogens (tertiary/aromatic N) is 3. The minimum absolute atomic E-state index is 0.295. The number of hydrogen-bond acceptors (Lipinski definition) is 3. The maximum absolute atomic E-state index is 5.38. The molecule has 0 aliphatic heterocycles. The van der Waals surface area contributed by atoms with Gasteiger partial charge in [-0.1, -0.05) is 84.8 Å². The van der Waals surface area contributed by atoms with E-state index in [-0.39, 0.29) is 0 Å². The normalized spacial score (nSPS) is 15.3. The van der Waals surface area contributed by atoms with Crippen LogP contribution in [-0.4, -0.2) is 18.1 Å². The van der Waals surface area contributed by atoms with E-state index < -0.39 is 0 Å². The summed E-state index contributed by atoms with van der Waals surface area (Å²) in [6.07, 6.45) is 20.8. The molecule has 0 heterocycles. The van der Waals surface area contributed by atoms with E-state index in [0.717, 1.165) is 24.4 Å². The summed E-state index contributed by atoms with van der Waals surface area (Å²) in [6, 6.07) is 30.2. The molecule has 0 amide bonds. The number of anilines is 3. The number of allylic oxidation sites excluding steroid dienone is 6. The summed E-state index contributed by atoms with van der Waals surface area (Å²) in [7, 11) is 2.11. The third-order valence-corrected chi connectivity index (χ3v) is 6.16. The minimum Gasteiger partial charge on any atom is -0.334 e. The van der Waals surface area contributed by atoms with Gasteiger partial charge in [0.25, 0.3) is 0 Å². The zero-order valence-corrected chi connectivity index (χ0v) is 21.0. The molecule has 3 aromatic rings. The molecule has 180 valence electrons. The predicted molar refractivity (Wildman–Crippen MR) is 154 cm³/mol. The Morgan fingerprint density at radius 1 is 0.889 bits per heavy atom. The number of hydrogen-bond donors (Lipinski definition) is 0. The lowest BCUT2D eigenvalue weighted by Crippen LogP contribution is -2.38. The van der Waals surface area contributed by atoms with Crippen molar-refractivity contribution < 1.29 is 0 Å². The first-order chi connectivity index (χ1) is 17.7. The van der Waals surface area contributed by atoms with Crippen molar-refractivity contribution in [2.75, 3.05) is 17.0 Å². The van der Waals surface area contributed by atoms with E-state index in [4.69, 9.17) is 6.42 Å². The molecule has 0 N–H and O–H groups in total. The van der Waals surface area contributed by atoms with E-state index in [1.54, 1.807) is 6.08 Å². The second-order valence-corrected chi connectivity index (χ2v) is 8.79. The predicted octanol–water partition coefficient (Wildman–Crippen LogP) is 7.66. The average Bonchev–Trinajstić information content (AvgIpc) is 2.92. The van der Waals surface area contributed by atoms with Crippen molar-refractivity contribution in [3.05, 3.63) is 139 Å². The van der Waals surface area contributed by atoms with Crippen LogP contribution in [0.3, 0.4) is 0 Å². The van der Waals surface area contributed by atoms with Crippen LogP contribution in [0.5, 0.6) is 0 Å². The number of rotatable bonds is 9. The molecule has 1 aliphatic carbocycles. The Labute approximate surface area is 216 Å². The molecule has 1 atom stereocenters. The Bertz CT molecular complexity index is 1260. The van der Waals surface area contributed by atoms with Gasteiger partial charge in [0.15, 0.2) is 0 Å². The molecule has 0 radical (unpaired) electrons. The molecule has 3 nitrogen and oxygen atoms in total. The lowest BCUT2D eigenvalue weighted by Gasteiger charge is -2.35. The van der Waals surface area contributed by atoms with Crippen LogP contribution in [0.4, 0.5) is 17.1 Å². The van der Waals surface area contributed by atoms with E-state index in [0.29, 0.717) is 6.04 Å². The zero-order chi connectivity index (χ0) is 25.2. The second kappa shape index (κ2) is 12.4. The van der Waals surface area contributed by atoms with Crippen LogP contribution in [0.25, 0.3) is 0 Å². The van der Waals surface area contributed by atoms with Crippen molar-refractivity contribution >= 4 is 17.1 Å². The van der Waals surface area contributed by atoms with Crippen molar-refractivity contribution in [1.29, 1.82) is 0 Å². The molecule has 0 spiro atoms. The molecule has 4 rings (SSSR count). The average molecular weight is 472 g/mol. The minimum atomic E-state index is 0.295. The zero-order valence-electron chi connectivity index (χ0n) is 21.0. The number of hydrazine groups is 1. The summed E-state index contributed by atoms with van der Waals surface area (Å²) in [5.74, 6) is 2.55. The summed E-state index contributed by atoms with van der Waals surface area (Å²) in [6.45, 7) is 2.86. The molecule has 36 heavy (non-hydrogen) atoms. The summed E-state index contributed by atoms with van der Waals surface area (Å²) in [5, 5.41) is 4.44. The van der Waals surface area contributed by atoms with Crippen molar-refractivity contribution in [3.63, 3.8) is 0 Å². The van der Waals surface area contributed by atoms with E-state index in [9.17, 15) is 0 Å². The van der Waals surface area contributed by atoms with Gasteiger partial charge in [0.1, 0.15) is 0 Å². The fourth-order valence-electron chi connectivity index (χ4n) is 4.53. The van der Waals surface area contributed by atoms with Crippen molar-refractivity contribution in [2.45, 2.75) is 25.9 Å². The fraction of sp³-hybridized carbons (Fsp3) is 0.152. The van der Waals surface area contributed by atoms with Crippen LogP contribution in [0.2, 0.25) is 0 Å². The van der Waals surface area contributed by atoms with Gasteiger partial charge in [-0.15, -0.1) is 6.42 Å². The highest BCUT2D eigenvalue weighted by Gasteiger charge is 2.19. The van der Waals surface area contributed by atoms with Crippen molar-refractivity contribution in [2.24, 2.45) is 0 Å². The Kier molecular flexibility index (Phi) is 8.59. The van der Waals surface area contributed by atoms with Gasteiger partial charge in [0.2, 0.25) is 0 Å². The lowest BCUT2D eigenvalue weighted by atomic mass is 10.0. The quantitative estimate of drug-likeness (QED) is 0.180. The molecule has 0 saturated heterocycles. The monoisotopic (exact) mass is 471 g/mol. The number of para-hydroxylation sites is 2. The van der Waals surface area contributed by atoms with E-state index in [1.165, 1.54) is 16.9 Å². The van der Waals surface area contributed by atoms with Gasteiger partial charge < -0.3 is 4.90 Å². The van der Waals surface area contributed by atoms with Gasteiger partial charge in [-0.2, -0.15) is 0 Å². The topological polar surface area (TPSA) is 9.72 Å². The molecule has 3 heteroatoms. The molecular formula is C33H33N3. The third-order valence-electron chi connectivity index (χ3n) is 6.16. The Morgan fingerprint density at radius 2 is 1.53 bits per heavy atom. The first-order valence-corrected chi connectivity index (χ1v) is 12.3. The molecule has 0 bridgehead atoms. The smallest absolute Gasteiger partial charge is 0.0576 e. The largest absolute Gasteiger partial charge is 0.334 e. The van der Waals surface area contributed by atoms with Crippen molar-refractivity contribution in [3.8, 4) is 12.3 Å². The van der Waals surface area contributed by atoms with Crippen LogP contribution >= 0.6 is 0 Å².